The first-order valence-electron chi connectivity index (χ1n) is 7.93. The van der Waals surface area contributed by atoms with E-state index in [0.717, 1.165) is 37.1 Å². The van der Waals surface area contributed by atoms with Crippen LogP contribution >= 0.6 is 0 Å². The van der Waals surface area contributed by atoms with Crippen molar-refractivity contribution in [1.82, 2.24) is 4.90 Å². The molecule has 1 atom stereocenters. The monoisotopic (exact) mass is 284 g/mol. The van der Waals surface area contributed by atoms with Gasteiger partial charge in [-0.2, -0.15) is 0 Å². The van der Waals surface area contributed by atoms with Crippen LogP contribution < -0.4 is 4.90 Å². The van der Waals surface area contributed by atoms with E-state index >= 15 is 0 Å². The highest BCUT2D eigenvalue weighted by molar-refractivity contribution is 6.05. The van der Waals surface area contributed by atoms with Gasteiger partial charge >= 0.3 is 0 Å². The zero-order valence-corrected chi connectivity index (χ0v) is 13.2. The molecule has 0 spiro atoms. The molecule has 0 N–H and O–H groups in total. The third-order valence-electron chi connectivity index (χ3n) is 4.96. The Hall–Kier alpha value is -1.77. The van der Waals surface area contributed by atoms with E-state index < -0.39 is 0 Å². The molecule has 1 aromatic carbocycles. The standard InChI is InChI=1S/C18H24N2O/c1-13-15-9-5-6-10-16(15)19(3)14(2)17(13)18(21)20-11-7-4-8-12-20/h5-6,9-10,14H,4,7-8,11-12H2,1-3H3/t14-/m0/s1. The van der Waals surface area contributed by atoms with Gasteiger partial charge in [0.2, 0.25) is 0 Å². The number of likely N-dealkylation sites (tertiary alicyclic amines) is 1. The van der Waals surface area contributed by atoms with Gasteiger partial charge in [0.05, 0.1) is 6.04 Å². The highest BCUT2D eigenvalue weighted by Crippen LogP contribution is 2.37. The van der Waals surface area contributed by atoms with Crippen LogP contribution in [0.3, 0.4) is 0 Å². The minimum absolute atomic E-state index is 0.134. The van der Waals surface area contributed by atoms with Crippen molar-refractivity contribution in [1.29, 1.82) is 0 Å². The average Bonchev–Trinajstić information content (AvgIpc) is 2.53. The lowest BCUT2D eigenvalue weighted by atomic mass is 9.89. The number of para-hydroxylation sites is 1. The molecule has 21 heavy (non-hydrogen) atoms. The molecule has 112 valence electrons. The predicted molar refractivity (Wildman–Crippen MR) is 87.3 cm³/mol. The topological polar surface area (TPSA) is 23.6 Å². The third kappa shape index (κ3) is 2.35. The SMILES string of the molecule is CC1=C(C(=O)N2CCCCC2)[C@H](C)N(C)c2ccccc21. The van der Waals surface area contributed by atoms with Crippen molar-refractivity contribution in [3.8, 4) is 0 Å². The fourth-order valence-electron chi connectivity index (χ4n) is 3.57. The number of allylic oxidation sites excluding steroid dienone is 1. The largest absolute Gasteiger partial charge is 0.367 e. The summed E-state index contributed by atoms with van der Waals surface area (Å²) in [6.07, 6.45) is 3.53. The molecule has 0 radical (unpaired) electrons. The minimum atomic E-state index is 0.134. The van der Waals surface area contributed by atoms with Gasteiger partial charge in [0.1, 0.15) is 0 Å². The van der Waals surface area contributed by atoms with E-state index in [0.29, 0.717) is 0 Å². The Kier molecular flexibility index (Phi) is 3.75. The number of hydrogen-bond donors (Lipinski definition) is 0. The van der Waals surface area contributed by atoms with Crippen LogP contribution in [-0.4, -0.2) is 37.0 Å². The van der Waals surface area contributed by atoms with Crippen LogP contribution in [-0.2, 0) is 4.79 Å². The van der Waals surface area contributed by atoms with E-state index in [9.17, 15) is 4.79 Å². The zero-order chi connectivity index (χ0) is 15.0. The quantitative estimate of drug-likeness (QED) is 0.790. The average molecular weight is 284 g/mol. The van der Waals surface area contributed by atoms with Crippen molar-refractivity contribution < 1.29 is 4.79 Å². The van der Waals surface area contributed by atoms with Crippen LogP contribution in [0.2, 0.25) is 0 Å². The summed E-state index contributed by atoms with van der Waals surface area (Å²) in [6.45, 7) is 6.05. The number of carbonyl (C=O) groups excluding carboxylic acids is 1. The van der Waals surface area contributed by atoms with Crippen LogP contribution in [0.25, 0.3) is 5.57 Å². The van der Waals surface area contributed by atoms with E-state index in [1.54, 1.807) is 0 Å². The molecule has 0 unspecified atom stereocenters. The Labute approximate surface area is 127 Å². The predicted octanol–water partition coefficient (Wildman–Crippen LogP) is 3.31. The second-order valence-corrected chi connectivity index (χ2v) is 6.20. The van der Waals surface area contributed by atoms with Gasteiger partial charge in [0, 0.05) is 37.0 Å². The van der Waals surface area contributed by atoms with Crippen LogP contribution in [0.5, 0.6) is 0 Å². The molecule has 3 nitrogen and oxygen atoms in total. The fraction of sp³-hybridized carbons (Fsp3) is 0.500. The van der Waals surface area contributed by atoms with Gasteiger partial charge in [0.25, 0.3) is 5.91 Å². The first kappa shape index (κ1) is 14.2. The lowest BCUT2D eigenvalue weighted by Gasteiger charge is -2.38. The van der Waals surface area contributed by atoms with Gasteiger partial charge in [0.15, 0.2) is 0 Å². The first-order valence-corrected chi connectivity index (χ1v) is 7.93. The van der Waals surface area contributed by atoms with E-state index in [1.807, 2.05) is 4.90 Å². The molecule has 0 saturated carbocycles. The number of likely N-dealkylation sites (N-methyl/N-ethyl adjacent to an activating group) is 1. The van der Waals surface area contributed by atoms with Crippen LogP contribution in [0.4, 0.5) is 5.69 Å². The number of amides is 1. The minimum Gasteiger partial charge on any atom is -0.367 e. The van der Waals surface area contributed by atoms with Crippen molar-refractivity contribution in [3.05, 3.63) is 35.4 Å². The van der Waals surface area contributed by atoms with Gasteiger partial charge in [-0.1, -0.05) is 18.2 Å². The summed E-state index contributed by atoms with van der Waals surface area (Å²) in [7, 11) is 2.08. The summed E-state index contributed by atoms with van der Waals surface area (Å²) in [5.74, 6) is 0.237. The smallest absolute Gasteiger partial charge is 0.252 e. The summed E-state index contributed by atoms with van der Waals surface area (Å²) in [4.78, 5) is 17.2. The molecule has 3 rings (SSSR count). The molecule has 2 heterocycles. The van der Waals surface area contributed by atoms with Crippen molar-refractivity contribution in [2.75, 3.05) is 25.0 Å². The van der Waals surface area contributed by atoms with E-state index in [4.69, 9.17) is 0 Å². The van der Waals surface area contributed by atoms with E-state index in [1.165, 1.54) is 17.7 Å². The highest BCUT2D eigenvalue weighted by atomic mass is 16.2. The Morgan fingerprint density at radius 1 is 1.14 bits per heavy atom. The number of hydrogen-bond acceptors (Lipinski definition) is 2. The van der Waals surface area contributed by atoms with Crippen LogP contribution in [0, 0.1) is 0 Å². The van der Waals surface area contributed by atoms with Crippen LogP contribution in [0.1, 0.15) is 38.7 Å². The summed E-state index contributed by atoms with van der Waals surface area (Å²) in [5.41, 5.74) is 4.53. The molecule has 0 aliphatic carbocycles. The summed E-state index contributed by atoms with van der Waals surface area (Å²) in [5, 5.41) is 0. The second-order valence-electron chi connectivity index (χ2n) is 6.20. The van der Waals surface area contributed by atoms with Gasteiger partial charge in [-0.3, -0.25) is 4.79 Å². The number of anilines is 1. The molecule has 1 aromatic rings. The molecule has 2 aliphatic heterocycles. The molecule has 0 bridgehead atoms. The number of piperidine rings is 1. The Morgan fingerprint density at radius 2 is 1.81 bits per heavy atom. The maximum Gasteiger partial charge on any atom is 0.252 e. The molecule has 2 aliphatic rings. The van der Waals surface area contributed by atoms with Gasteiger partial charge in [-0.05, 0) is 44.7 Å². The maximum absolute atomic E-state index is 13.0. The number of rotatable bonds is 1. The summed E-state index contributed by atoms with van der Waals surface area (Å²) in [6, 6.07) is 8.50. The van der Waals surface area contributed by atoms with Crippen molar-refractivity contribution >= 4 is 17.2 Å². The van der Waals surface area contributed by atoms with Crippen LogP contribution in [0.15, 0.2) is 29.8 Å². The molecule has 3 heteroatoms. The zero-order valence-electron chi connectivity index (χ0n) is 13.2. The van der Waals surface area contributed by atoms with Gasteiger partial charge in [-0.15, -0.1) is 0 Å². The maximum atomic E-state index is 13.0. The van der Waals surface area contributed by atoms with E-state index in [2.05, 4.69) is 50.1 Å². The number of benzene rings is 1. The van der Waals surface area contributed by atoms with Crippen molar-refractivity contribution in [2.24, 2.45) is 0 Å². The van der Waals surface area contributed by atoms with Gasteiger partial charge in [-0.25, -0.2) is 0 Å². The molecule has 1 fully saturated rings. The highest BCUT2D eigenvalue weighted by Gasteiger charge is 2.32. The van der Waals surface area contributed by atoms with Crippen molar-refractivity contribution in [2.45, 2.75) is 39.2 Å². The first-order chi connectivity index (χ1) is 10.1. The Balaban J connectivity index is 2.02. The Morgan fingerprint density at radius 3 is 2.52 bits per heavy atom. The number of carbonyl (C=O) groups is 1. The molecule has 1 saturated heterocycles. The number of nitrogens with zero attached hydrogens (tertiary/aromatic N) is 2. The molecular weight excluding hydrogens is 260 g/mol. The van der Waals surface area contributed by atoms with Gasteiger partial charge < -0.3 is 9.80 Å². The molecular formula is C18H24N2O. The second kappa shape index (κ2) is 5.55. The number of fused-ring (bicyclic) bond motifs is 1. The van der Waals surface area contributed by atoms with E-state index in [-0.39, 0.29) is 11.9 Å². The lowest BCUT2D eigenvalue weighted by molar-refractivity contribution is -0.128. The van der Waals surface area contributed by atoms with Crippen molar-refractivity contribution in [3.63, 3.8) is 0 Å². The lowest BCUT2D eigenvalue weighted by Crippen LogP contribution is -2.44. The molecule has 0 aromatic heterocycles. The summed E-state index contributed by atoms with van der Waals surface area (Å²) < 4.78 is 0. The molecule has 1 amide bonds. The fourth-order valence-corrected chi connectivity index (χ4v) is 3.57. The summed E-state index contributed by atoms with van der Waals surface area (Å²) >= 11 is 0. The normalized spacial score (nSPS) is 22.3. The Bertz CT molecular complexity index is 585. The third-order valence-corrected chi connectivity index (χ3v) is 4.96.